The van der Waals surface area contributed by atoms with E-state index < -0.39 is 6.10 Å². The van der Waals surface area contributed by atoms with Crippen LogP contribution in [-0.2, 0) is 4.79 Å². The van der Waals surface area contributed by atoms with Gasteiger partial charge in [0.05, 0.1) is 5.02 Å². The van der Waals surface area contributed by atoms with Gasteiger partial charge < -0.3 is 4.74 Å². The van der Waals surface area contributed by atoms with Crippen LogP contribution in [0.5, 0.6) is 5.75 Å². The zero-order chi connectivity index (χ0) is 18.5. The molecule has 1 aromatic heterocycles. The first kappa shape index (κ1) is 18.6. The minimum atomic E-state index is -0.683. The first-order chi connectivity index (χ1) is 12.6. The molecule has 0 aliphatic rings. The standard InChI is InChI=1S/C18H15Cl2N3O2S/c1-2-14(25-15-6-4-3-5-13(15)20)16(24)21-18-23-22-17(26-18)11-7-9-12(19)10-8-11/h3-10,14H,2H2,1H3,(H,21,23,24). The summed E-state index contributed by atoms with van der Waals surface area (Å²) in [5.74, 6) is 0.168. The molecule has 134 valence electrons. The Morgan fingerprint density at radius 3 is 2.58 bits per heavy atom. The summed E-state index contributed by atoms with van der Waals surface area (Å²) in [5, 5.41) is 13.1. The molecule has 0 spiro atoms. The summed E-state index contributed by atoms with van der Waals surface area (Å²) < 4.78 is 5.73. The van der Waals surface area contributed by atoms with E-state index in [0.717, 1.165) is 5.56 Å². The van der Waals surface area contributed by atoms with Gasteiger partial charge in [-0.2, -0.15) is 0 Å². The Hall–Kier alpha value is -2.15. The number of anilines is 1. The van der Waals surface area contributed by atoms with Crippen molar-refractivity contribution < 1.29 is 9.53 Å². The van der Waals surface area contributed by atoms with E-state index in [9.17, 15) is 4.79 Å². The Morgan fingerprint density at radius 1 is 1.15 bits per heavy atom. The molecule has 1 amide bonds. The minimum Gasteiger partial charge on any atom is -0.479 e. The average molecular weight is 408 g/mol. The van der Waals surface area contributed by atoms with Gasteiger partial charge in [-0.1, -0.05) is 65.7 Å². The number of rotatable bonds is 6. The molecule has 2 aromatic carbocycles. The van der Waals surface area contributed by atoms with Crippen molar-refractivity contribution in [1.29, 1.82) is 0 Å². The summed E-state index contributed by atoms with van der Waals surface area (Å²) in [6, 6.07) is 14.3. The second-order valence-corrected chi connectivity index (χ2v) is 7.17. The molecule has 0 aliphatic heterocycles. The van der Waals surface area contributed by atoms with Gasteiger partial charge in [0.2, 0.25) is 5.13 Å². The highest BCUT2D eigenvalue weighted by Crippen LogP contribution is 2.28. The van der Waals surface area contributed by atoms with Gasteiger partial charge in [-0.05, 0) is 30.7 Å². The quantitative estimate of drug-likeness (QED) is 0.601. The van der Waals surface area contributed by atoms with Crippen molar-refractivity contribution in [2.75, 3.05) is 5.32 Å². The third-order valence-electron chi connectivity index (χ3n) is 3.52. The lowest BCUT2D eigenvalue weighted by molar-refractivity contribution is -0.122. The summed E-state index contributed by atoms with van der Waals surface area (Å²) in [6.45, 7) is 1.86. The van der Waals surface area contributed by atoms with Crippen LogP contribution in [0.3, 0.4) is 0 Å². The normalized spacial score (nSPS) is 11.8. The van der Waals surface area contributed by atoms with Crippen LogP contribution in [0.4, 0.5) is 5.13 Å². The van der Waals surface area contributed by atoms with Gasteiger partial charge in [0, 0.05) is 10.6 Å². The zero-order valence-electron chi connectivity index (χ0n) is 13.8. The average Bonchev–Trinajstić information content (AvgIpc) is 3.10. The molecule has 0 saturated carbocycles. The summed E-state index contributed by atoms with van der Waals surface area (Å²) in [7, 11) is 0. The molecule has 1 heterocycles. The molecule has 0 fully saturated rings. The van der Waals surface area contributed by atoms with Gasteiger partial charge in [0.15, 0.2) is 6.10 Å². The maximum atomic E-state index is 12.5. The van der Waals surface area contributed by atoms with E-state index in [1.807, 2.05) is 19.1 Å². The number of benzene rings is 2. The number of halogens is 2. The molecule has 8 heteroatoms. The second-order valence-electron chi connectivity index (χ2n) is 5.35. The van der Waals surface area contributed by atoms with Crippen LogP contribution >= 0.6 is 34.5 Å². The number of amides is 1. The van der Waals surface area contributed by atoms with E-state index in [1.54, 1.807) is 36.4 Å². The number of nitrogens with one attached hydrogen (secondary N) is 1. The smallest absolute Gasteiger partial charge is 0.267 e. The van der Waals surface area contributed by atoms with E-state index in [4.69, 9.17) is 27.9 Å². The number of hydrogen-bond acceptors (Lipinski definition) is 5. The molecule has 0 aliphatic carbocycles. The van der Waals surface area contributed by atoms with Crippen molar-refractivity contribution in [3.63, 3.8) is 0 Å². The van der Waals surface area contributed by atoms with Crippen LogP contribution in [0.25, 0.3) is 10.6 Å². The highest BCUT2D eigenvalue weighted by Gasteiger charge is 2.21. The molecule has 5 nitrogen and oxygen atoms in total. The number of ether oxygens (including phenoxy) is 1. The number of hydrogen-bond donors (Lipinski definition) is 1. The van der Waals surface area contributed by atoms with Gasteiger partial charge in [0.25, 0.3) is 5.91 Å². The van der Waals surface area contributed by atoms with Gasteiger partial charge in [0.1, 0.15) is 10.8 Å². The minimum absolute atomic E-state index is 0.300. The maximum absolute atomic E-state index is 12.5. The molecule has 1 unspecified atom stereocenters. The summed E-state index contributed by atoms with van der Waals surface area (Å²) in [5.41, 5.74) is 0.881. The van der Waals surface area contributed by atoms with Crippen LogP contribution in [0.2, 0.25) is 10.0 Å². The van der Waals surface area contributed by atoms with E-state index in [2.05, 4.69) is 15.5 Å². The van der Waals surface area contributed by atoms with Crippen LogP contribution in [-0.4, -0.2) is 22.2 Å². The second kappa shape index (κ2) is 8.49. The van der Waals surface area contributed by atoms with Crippen LogP contribution in [0.1, 0.15) is 13.3 Å². The van der Waals surface area contributed by atoms with Crippen molar-refractivity contribution in [1.82, 2.24) is 10.2 Å². The van der Waals surface area contributed by atoms with Crippen molar-refractivity contribution in [3.8, 4) is 16.3 Å². The fourth-order valence-electron chi connectivity index (χ4n) is 2.18. The Morgan fingerprint density at radius 2 is 1.88 bits per heavy atom. The Labute approximate surface area is 164 Å². The monoisotopic (exact) mass is 407 g/mol. The third kappa shape index (κ3) is 4.52. The largest absolute Gasteiger partial charge is 0.479 e. The van der Waals surface area contributed by atoms with Crippen molar-refractivity contribution >= 4 is 45.6 Å². The SMILES string of the molecule is CCC(Oc1ccccc1Cl)C(=O)Nc1nnc(-c2ccc(Cl)cc2)s1. The number of para-hydroxylation sites is 1. The van der Waals surface area contributed by atoms with E-state index in [-0.39, 0.29) is 5.91 Å². The fourth-order valence-corrected chi connectivity index (χ4v) is 3.24. The molecule has 0 saturated heterocycles. The summed E-state index contributed by atoms with van der Waals surface area (Å²) in [4.78, 5) is 12.5. The van der Waals surface area contributed by atoms with Crippen molar-refractivity contribution in [2.24, 2.45) is 0 Å². The third-order valence-corrected chi connectivity index (χ3v) is 4.97. The number of carbonyl (C=O) groups excluding carboxylic acids is 1. The van der Waals surface area contributed by atoms with E-state index >= 15 is 0 Å². The highest BCUT2D eigenvalue weighted by molar-refractivity contribution is 7.18. The Bertz CT molecular complexity index is 899. The van der Waals surface area contributed by atoms with Gasteiger partial charge in [-0.15, -0.1) is 10.2 Å². The summed E-state index contributed by atoms with van der Waals surface area (Å²) >= 11 is 13.3. The first-order valence-electron chi connectivity index (χ1n) is 7.88. The molecular formula is C18H15Cl2N3O2S. The Balaban J connectivity index is 1.68. The number of carbonyl (C=O) groups is 1. The summed E-state index contributed by atoms with van der Waals surface area (Å²) in [6.07, 6.45) is -0.197. The molecule has 26 heavy (non-hydrogen) atoms. The lowest BCUT2D eigenvalue weighted by Gasteiger charge is -2.17. The Kier molecular flexibility index (Phi) is 6.08. The zero-order valence-corrected chi connectivity index (χ0v) is 16.1. The predicted molar refractivity (Wildman–Crippen MR) is 105 cm³/mol. The van der Waals surface area contributed by atoms with Gasteiger partial charge in [-0.3, -0.25) is 10.1 Å². The number of aromatic nitrogens is 2. The van der Waals surface area contributed by atoms with Crippen LogP contribution in [0.15, 0.2) is 48.5 Å². The predicted octanol–water partition coefficient (Wildman–Crippen LogP) is 5.31. The van der Waals surface area contributed by atoms with Gasteiger partial charge in [-0.25, -0.2) is 0 Å². The lowest BCUT2D eigenvalue weighted by atomic mass is 10.2. The maximum Gasteiger partial charge on any atom is 0.267 e. The molecule has 3 aromatic rings. The van der Waals surface area contributed by atoms with Crippen LogP contribution in [0, 0.1) is 0 Å². The van der Waals surface area contributed by atoms with Crippen molar-refractivity contribution in [2.45, 2.75) is 19.4 Å². The van der Waals surface area contributed by atoms with E-state index in [0.29, 0.717) is 32.4 Å². The molecule has 0 bridgehead atoms. The highest BCUT2D eigenvalue weighted by atomic mass is 35.5. The lowest BCUT2D eigenvalue weighted by Crippen LogP contribution is -2.32. The molecule has 0 radical (unpaired) electrons. The molecular weight excluding hydrogens is 393 g/mol. The van der Waals surface area contributed by atoms with Crippen LogP contribution < -0.4 is 10.1 Å². The fraction of sp³-hybridized carbons (Fsp3) is 0.167. The first-order valence-corrected chi connectivity index (χ1v) is 9.45. The van der Waals surface area contributed by atoms with Gasteiger partial charge >= 0.3 is 0 Å². The number of nitrogens with zero attached hydrogens (tertiary/aromatic N) is 2. The topological polar surface area (TPSA) is 64.1 Å². The van der Waals surface area contributed by atoms with E-state index in [1.165, 1.54) is 11.3 Å². The molecule has 1 atom stereocenters. The van der Waals surface area contributed by atoms with Crippen molar-refractivity contribution in [3.05, 3.63) is 58.6 Å². The molecule has 3 rings (SSSR count). The molecule has 1 N–H and O–H groups in total.